The Morgan fingerprint density at radius 1 is 1.50 bits per heavy atom. The number of rotatable bonds is 3. The molecule has 1 N–H and O–H groups in total. The first-order valence-electron chi connectivity index (χ1n) is 5.82. The van der Waals surface area contributed by atoms with E-state index in [1.807, 2.05) is 6.07 Å². The van der Waals surface area contributed by atoms with Crippen LogP contribution in [-0.2, 0) is 11.3 Å². The maximum absolute atomic E-state index is 12.9. The number of nitrogens with one attached hydrogen (secondary N) is 1. The third-order valence-corrected chi connectivity index (χ3v) is 3.11. The molecule has 1 aliphatic heterocycles. The highest BCUT2D eigenvalue weighted by atomic mass is 19.1. The number of hydrogen-bond donors (Lipinski definition) is 1. The van der Waals surface area contributed by atoms with Crippen molar-refractivity contribution >= 4 is 0 Å². The molecular weight excluding hydrogens is 205 g/mol. The molecule has 0 aromatic heterocycles. The van der Waals surface area contributed by atoms with Gasteiger partial charge < -0.3 is 10.1 Å². The van der Waals surface area contributed by atoms with Crippen molar-refractivity contribution in [1.82, 2.24) is 5.32 Å². The summed E-state index contributed by atoms with van der Waals surface area (Å²) in [5.74, 6) is 0.380. The molecule has 0 amide bonds. The first-order valence-corrected chi connectivity index (χ1v) is 5.82. The summed E-state index contributed by atoms with van der Waals surface area (Å²) in [6, 6.07) is 6.59. The first-order chi connectivity index (χ1) is 7.75. The molecule has 1 saturated heterocycles. The molecule has 1 aromatic carbocycles. The summed E-state index contributed by atoms with van der Waals surface area (Å²) in [4.78, 5) is 0. The zero-order valence-corrected chi connectivity index (χ0v) is 9.58. The quantitative estimate of drug-likeness (QED) is 0.849. The van der Waals surface area contributed by atoms with E-state index >= 15 is 0 Å². The lowest BCUT2D eigenvalue weighted by Crippen LogP contribution is -2.40. The second-order valence-electron chi connectivity index (χ2n) is 4.45. The van der Waals surface area contributed by atoms with Crippen LogP contribution in [0, 0.1) is 11.7 Å². The predicted molar refractivity (Wildman–Crippen MR) is 61.6 cm³/mol. The maximum Gasteiger partial charge on any atom is 0.123 e. The molecule has 1 aliphatic rings. The molecule has 1 aromatic rings. The average Bonchev–Trinajstić information content (AvgIpc) is 2.28. The fraction of sp³-hybridized carbons (Fsp3) is 0.538. The molecular formula is C13H18FNO. The predicted octanol–water partition coefficient (Wildman–Crippen LogP) is 2.34. The standard InChI is InChI=1S/C13H18FNO/c1-10-5-6-15-8-13(10)16-9-11-3-2-4-12(14)7-11/h2-4,7,10,13,15H,5-6,8-9H2,1H3. The minimum absolute atomic E-state index is 0.198. The molecule has 16 heavy (non-hydrogen) atoms. The fourth-order valence-electron chi connectivity index (χ4n) is 2.01. The van der Waals surface area contributed by atoms with Gasteiger partial charge in [-0.2, -0.15) is 0 Å². The Hall–Kier alpha value is -0.930. The highest BCUT2D eigenvalue weighted by Gasteiger charge is 2.21. The summed E-state index contributed by atoms with van der Waals surface area (Å²) in [5, 5.41) is 3.31. The minimum atomic E-state index is -0.198. The summed E-state index contributed by atoms with van der Waals surface area (Å²) in [7, 11) is 0. The molecule has 3 heteroatoms. The molecule has 2 unspecified atom stereocenters. The van der Waals surface area contributed by atoms with E-state index in [9.17, 15) is 4.39 Å². The Labute approximate surface area is 95.8 Å². The molecule has 0 radical (unpaired) electrons. The summed E-state index contributed by atoms with van der Waals surface area (Å²) in [5.41, 5.74) is 0.901. The number of hydrogen-bond acceptors (Lipinski definition) is 2. The van der Waals surface area contributed by atoms with Gasteiger partial charge in [-0.1, -0.05) is 19.1 Å². The smallest absolute Gasteiger partial charge is 0.123 e. The molecule has 0 bridgehead atoms. The van der Waals surface area contributed by atoms with Crippen molar-refractivity contribution in [3.05, 3.63) is 35.6 Å². The summed E-state index contributed by atoms with van der Waals surface area (Å²) in [6.45, 7) is 4.67. The van der Waals surface area contributed by atoms with Gasteiger partial charge in [0.15, 0.2) is 0 Å². The molecule has 2 atom stereocenters. The normalized spacial score (nSPS) is 25.6. The Morgan fingerprint density at radius 2 is 2.38 bits per heavy atom. The Bertz CT molecular complexity index is 342. The third kappa shape index (κ3) is 3.03. The van der Waals surface area contributed by atoms with Crippen molar-refractivity contribution in [3.63, 3.8) is 0 Å². The topological polar surface area (TPSA) is 21.3 Å². The van der Waals surface area contributed by atoms with Crippen LogP contribution in [0.15, 0.2) is 24.3 Å². The van der Waals surface area contributed by atoms with Crippen molar-refractivity contribution in [1.29, 1.82) is 0 Å². The second-order valence-corrected chi connectivity index (χ2v) is 4.45. The van der Waals surface area contributed by atoms with Gasteiger partial charge >= 0.3 is 0 Å². The van der Waals surface area contributed by atoms with Crippen molar-refractivity contribution in [2.75, 3.05) is 13.1 Å². The molecule has 1 fully saturated rings. The van der Waals surface area contributed by atoms with E-state index in [2.05, 4.69) is 12.2 Å². The van der Waals surface area contributed by atoms with E-state index in [0.717, 1.165) is 25.1 Å². The van der Waals surface area contributed by atoms with Gasteiger partial charge in [0.25, 0.3) is 0 Å². The summed E-state index contributed by atoms with van der Waals surface area (Å²) in [6.07, 6.45) is 1.39. The first kappa shape index (κ1) is 11.6. The molecule has 2 nitrogen and oxygen atoms in total. The Morgan fingerprint density at radius 3 is 3.12 bits per heavy atom. The van der Waals surface area contributed by atoms with E-state index in [0.29, 0.717) is 12.5 Å². The lowest BCUT2D eigenvalue weighted by Gasteiger charge is -2.29. The van der Waals surface area contributed by atoms with E-state index in [1.54, 1.807) is 6.07 Å². The van der Waals surface area contributed by atoms with Crippen molar-refractivity contribution in [2.24, 2.45) is 5.92 Å². The number of ether oxygens (including phenoxy) is 1. The highest BCUT2D eigenvalue weighted by Crippen LogP contribution is 2.16. The average molecular weight is 223 g/mol. The van der Waals surface area contributed by atoms with Crippen LogP contribution >= 0.6 is 0 Å². The fourth-order valence-corrected chi connectivity index (χ4v) is 2.01. The van der Waals surface area contributed by atoms with Crippen LogP contribution in [0.25, 0.3) is 0 Å². The molecule has 0 spiro atoms. The molecule has 1 heterocycles. The van der Waals surface area contributed by atoms with Crippen molar-refractivity contribution in [3.8, 4) is 0 Å². The zero-order chi connectivity index (χ0) is 11.4. The Kier molecular flexibility index (Phi) is 3.91. The maximum atomic E-state index is 12.9. The number of benzene rings is 1. The van der Waals surface area contributed by atoms with E-state index < -0.39 is 0 Å². The van der Waals surface area contributed by atoms with Crippen LogP contribution < -0.4 is 5.32 Å². The zero-order valence-electron chi connectivity index (χ0n) is 9.58. The van der Waals surface area contributed by atoms with E-state index in [-0.39, 0.29) is 11.9 Å². The van der Waals surface area contributed by atoms with Crippen LogP contribution in [0.3, 0.4) is 0 Å². The number of piperidine rings is 1. The van der Waals surface area contributed by atoms with Crippen LogP contribution in [0.1, 0.15) is 18.9 Å². The van der Waals surface area contributed by atoms with Crippen molar-refractivity contribution < 1.29 is 9.13 Å². The van der Waals surface area contributed by atoms with Gasteiger partial charge in [0, 0.05) is 6.54 Å². The molecule has 0 saturated carbocycles. The van der Waals surface area contributed by atoms with E-state index in [1.165, 1.54) is 12.1 Å². The third-order valence-electron chi connectivity index (χ3n) is 3.11. The summed E-state index contributed by atoms with van der Waals surface area (Å²) < 4.78 is 18.7. The number of halogens is 1. The monoisotopic (exact) mass is 223 g/mol. The lowest BCUT2D eigenvalue weighted by molar-refractivity contribution is -0.00666. The van der Waals surface area contributed by atoms with Crippen LogP contribution in [0.5, 0.6) is 0 Å². The van der Waals surface area contributed by atoms with Gasteiger partial charge in [-0.15, -0.1) is 0 Å². The van der Waals surface area contributed by atoms with Gasteiger partial charge in [0.1, 0.15) is 5.82 Å². The van der Waals surface area contributed by atoms with Crippen molar-refractivity contribution in [2.45, 2.75) is 26.1 Å². The lowest BCUT2D eigenvalue weighted by atomic mass is 9.97. The van der Waals surface area contributed by atoms with E-state index in [4.69, 9.17) is 4.74 Å². The molecule has 0 aliphatic carbocycles. The van der Waals surface area contributed by atoms with Gasteiger partial charge in [0.2, 0.25) is 0 Å². The summed E-state index contributed by atoms with van der Waals surface area (Å²) >= 11 is 0. The highest BCUT2D eigenvalue weighted by molar-refractivity contribution is 5.15. The second kappa shape index (κ2) is 5.41. The van der Waals surface area contributed by atoms with Crippen LogP contribution in [0.2, 0.25) is 0 Å². The van der Waals surface area contributed by atoms with Crippen LogP contribution in [0.4, 0.5) is 4.39 Å². The SMILES string of the molecule is CC1CCNCC1OCc1cccc(F)c1. The van der Waals surface area contributed by atoms with Gasteiger partial charge in [-0.05, 0) is 36.6 Å². The van der Waals surface area contributed by atoms with Crippen LogP contribution in [-0.4, -0.2) is 19.2 Å². The Balaban J connectivity index is 1.86. The van der Waals surface area contributed by atoms with Gasteiger partial charge in [0.05, 0.1) is 12.7 Å². The molecule has 88 valence electrons. The van der Waals surface area contributed by atoms with Gasteiger partial charge in [-0.3, -0.25) is 0 Å². The minimum Gasteiger partial charge on any atom is -0.372 e. The van der Waals surface area contributed by atoms with Gasteiger partial charge in [-0.25, -0.2) is 4.39 Å². The largest absolute Gasteiger partial charge is 0.372 e. The molecule has 2 rings (SSSR count).